The lowest BCUT2D eigenvalue weighted by molar-refractivity contribution is -0.959. The van der Waals surface area contributed by atoms with E-state index in [1.54, 1.807) is 7.11 Å². The minimum Gasteiger partial charge on any atom is -0.356 e. The Labute approximate surface area is 87.6 Å². The van der Waals surface area contributed by atoms with E-state index in [0.717, 1.165) is 11.0 Å². The van der Waals surface area contributed by atoms with E-state index in [-0.39, 0.29) is 12.5 Å². The van der Waals surface area contributed by atoms with Crippen molar-refractivity contribution in [3.05, 3.63) is 0 Å². The maximum absolute atomic E-state index is 5.83. The second-order valence-electron chi connectivity index (χ2n) is 4.23. The molecule has 1 aliphatic heterocycles. The molecular formula is C11H24NO2+. The van der Waals surface area contributed by atoms with Crippen molar-refractivity contribution in [3.63, 3.8) is 0 Å². The molecule has 0 aromatic heterocycles. The van der Waals surface area contributed by atoms with E-state index in [1.165, 1.54) is 25.9 Å². The molecule has 0 amide bonds. The maximum Gasteiger partial charge on any atom is 0.193 e. The van der Waals surface area contributed by atoms with Gasteiger partial charge in [-0.15, -0.1) is 0 Å². The minimum absolute atomic E-state index is 0.0906. The molecule has 2 atom stereocenters. The monoisotopic (exact) mass is 202 g/mol. The Kier molecular flexibility index (Phi) is 4.35. The summed E-state index contributed by atoms with van der Waals surface area (Å²) in [5, 5.41) is 0. The number of ether oxygens (including phenoxy) is 2. The van der Waals surface area contributed by atoms with Crippen molar-refractivity contribution < 1.29 is 14.0 Å². The fourth-order valence-electron chi connectivity index (χ4n) is 2.36. The highest BCUT2D eigenvalue weighted by atomic mass is 16.7. The summed E-state index contributed by atoms with van der Waals surface area (Å²) in [6.07, 6.45) is 2.84. The van der Waals surface area contributed by atoms with Crippen LogP contribution in [0.4, 0.5) is 0 Å². The Morgan fingerprint density at radius 1 is 1.21 bits per heavy atom. The molecule has 0 bridgehead atoms. The zero-order valence-electron chi connectivity index (χ0n) is 9.95. The maximum atomic E-state index is 5.83. The normalized spacial score (nSPS) is 24.9. The predicted molar refractivity (Wildman–Crippen MR) is 56.8 cm³/mol. The molecular weight excluding hydrogens is 178 g/mol. The van der Waals surface area contributed by atoms with Gasteiger partial charge in [-0.1, -0.05) is 0 Å². The summed E-state index contributed by atoms with van der Waals surface area (Å²) in [7, 11) is 1.69. The Bertz CT molecular complexity index is 167. The quantitative estimate of drug-likeness (QED) is 0.501. The first kappa shape index (κ1) is 12.0. The van der Waals surface area contributed by atoms with Gasteiger partial charge in [0.2, 0.25) is 0 Å². The van der Waals surface area contributed by atoms with Crippen LogP contribution in [0.1, 0.15) is 33.6 Å². The van der Waals surface area contributed by atoms with Crippen LogP contribution in [0.2, 0.25) is 0 Å². The molecule has 1 saturated heterocycles. The molecule has 3 nitrogen and oxygen atoms in total. The van der Waals surface area contributed by atoms with Gasteiger partial charge < -0.3 is 9.47 Å². The first-order valence-corrected chi connectivity index (χ1v) is 5.68. The lowest BCUT2D eigenvalue weighted by atomic mass is 10.3. The molecule has 0 aromatic rings. The molecule has 0 N–H and O–H groups in total. The highest BCUT2D eigenvalue weighted by Crippen LogP contribution is 2.24. The summed E-state index contributed by atoms with van der Waals surface area (Å²) in [5.41, 5.74) is 0. The van der Waals surface area contributed by atoms with Gasteiger partial charge >= 0.3 is 0 Å². The molecule has 0 saturated carbocycles. The average molecular weight is 202 g/mol. The van der Waals surface area contributed by atoms with Crippen molar-refractivity contribution in [1.29, 1.82) is 0 Å². The topological polar surface area (TPSA) is 18.5 Å². The molecule has 1 aliphatic rings. The van der Waals surface area contributed by atoms with E-state index in [2.05, 4.69) is 13.8 Å². The molecule has 3 heteroatoms. The smallest absolute Gasteiger partial charge is 0.193 e. The number of nitrogens with zero attached hydrogens (tertiary/aromatic N) is 1. The summed E-state index contributed by atoms with van der Waals surface area (Å²) >= 11 is 0. The van der Waals surface area contributed by atoms with Crippen LogP contribution in [0.5, 0.6) is 0 Å². The lowest BCUT2D eigenvalue weighted by Gasteiger charge is -2.39. The molecule has 1 heterocycles. The zero-order chi connectivity index (χ0) is 10.6. The SMILES string of the molecule is CC[N+]1(C(C)OC(C)OC)CCCC1. The van der Waals surface area contributed by atoms with E-state index in [1.807, 2.05) is 6.92 Å². The van der Waals surface area contributed by atoms with Crippen LogP contribution in [0.3, 0.4) is 0 Å². The number of hydrogen-bond donors (Lipinski definition) is 0. The summed E-state index contributed by atoms with van der Waals surface area (Å²) in [4.78, 5) is 0. The largest absolute Gasteiger partial charge is 0.356 e. The Balaban J connectivity index is 2.51. The fourth-order valence-corrected chi connectivity index (χ4v) is 2.36. The number of hydrogen-bond acceptors (Lipinski definition) is 2. The van der Waals surface area contributed by atoms with Crippen molar-refractivity contribution in [1.82, 2.24) is 0 Å². The van der Waals surface area contributed by atoms with Crippen molar-refractivity contribution in [2.75, 3.05) is 26.7 Å². The highest BCUT2D eigenvalue weighted by molar-refractivity contribution is 4.55. The van der Waals surface area contributed by atoms with Crippen molar-refractivity contribution in [2.24, 2.45) is 0 Å². The first-order valence-electron chi connectivity index (χ1n) is 5.68. The van der Waals surface area contributed by atoms with Gasteiger partial charge in [0.05, 0.1) is 19.6 Å². The molecule has 84 valence electrons. The van der Waals surface area contributed by atoms with Gasteiger partial charge in [-0.2, -0.15) is 0 Å². The van der Waals surface area contributed by atoms with Gasteiger partial charge in [-0.3, -0.25) is 4.48 Å². The van der Waals surface area contributed by atoms with Crippen LogP contribution in [-0.2, 0) is 9.47 Å². The molecule has 2 unspecified atom stereocenters. The average Bonchev–Trinajstić information content (AvgIpc) is 2.67. The third kappa shape index (κ3) is 2.47. The van der Waals surface area contributed by atoms with E-state index in [0.29, 0.717) is 0 Å². The Morgan fingerprint density at radius 2 is 1.79 bits per heavy atom. The van der Waals surface area contributed by atoms with Crippen molar-refractivity contribution in [3.8, 4) is 0 Å². The van der Waals surface area contributed by atoms with E-state index in [9.17, 15) is 0 Å². The highest BCUT2D eigenvalue weighted by Gasteiger charge is 2.37. The van der Waals surface area contributed by atoms with E-state index < -0.39 is 0 Å². The summed E-state index contributed by atoms with van der Waals surface area (Å²) in [5.74, 6) is 0. The van der Waals surface area contributed by atoms with Crippen LogP contribution >= 0.6 is 0 Å². The van der Waals surface area contributed by atoms with Gasteiger partial charge in [0.25, 0.3) is 0 Å². The van der Waals surface area contributed by atoms with E-state index >= 15 is 0 Å². The molecule has 0 aliphatic carbocycles. The summed E-state index contributed by atoms with van der Waals surface area (Å²) in [6, 6.07) is 0. The van der Waals surface area contributed by atoms with Crippen LogP contribution in [0, 0.1) is 0 Å². The minimum atomic E-state index is -0.0906. The summed E-state index contributed by atoms with van der Waals surface area (Å²) < 4.78 is 12.1. The number of quaternary nitrogens is 1. The third-order valence-electron chi connectivity index (χ3n) is 3.58. The van der Waals surface area contributed by atoms with Crippen LogP contribution in [-0.4, -0.2) is 43.7 Å². The molecule has 0 spiro atoms. The van der Waals surface area contributed by atoms with Gasteiger partial charge in [0.15, 0.2) is 12.5 Å². The van der Waals surface area contributed by atoms with Gasteiger partial charge in [0, 0.05) is 26.9 Å². The zero-order valence-corrected chi connectivity index (χ0v) is 9.95. The van der Waals surface area contributed by atoms with Crippen LogP contribution in [0.25, 0.3) is 0 Å². The third-order valence-corrected chi connectivity index (χ3v) is 3.58. The second kappa shape index (κ2) is 5.10. The van der Waals surface area contributed by atoms with Crippen LogP contribution < -0.4 is 0 Å². The Hall–Kier alpha value is -0.120. The molecule has 0 aromatic carbocycles. The van der Waals surface area contributed by atoms with Gasteiger partial charge in [-0.05, 0) is 13.8 Å². The molecule has 0 radical (unpaired) electrons. The predicted octanol–water partition coefficient (Wildman–Crippen LogP) is 1.97. The first-order chi connectivity index (χ1) is 6.64. The number of likely N-dealkylation sites (tertiary alicyclic amines) is 1. The second-order valence-corrected chi connectivity index (χ2v) is 4.23. The standard InChI is InChI=1S/C11H24NO2/c1-5-12(8-6-7-9-12)10(2)14-11(3)13-4/h10-11H,5-9H2,1-4H3/q+1. The van der Waals surface area contributed by atoms with Crippen molar-refractivity contribution in [2.45, 2.75) is 46.1 Å². The Morgan fingerprint density at radius 3 is 2.21 bits per heavy atom. The van der Waals surface area contributed by atoms with Crippen molar-refractivity contribution >= 4 is 0 Å². The molecule has 1 rings (SSSR count). The number of rotatable bonds is 5. The number of methoxy groups -OCH3 is 1. The lowest BCUT2D eigenvalue weighted by Crippen LogP contribution is -2.53. The summed E-state index contributed by atoms with van der Waals surface area (Å²) in [6.45, 7) is 10.1. The molecule has 1 fully saturated rings. The molecule has 14 heavy (non-hydrogen) atoms. The van der Waals surface area contributed by atoms with Crippen LogP contribution in [0.15, 0.2) is 0 Å². The van der Waals surface area contributed by atoms with Gasteiger partial charge in [0.1, 0.15) is 0 Å². The van der Waals surface area contributed by atoms with E-state index in [4.69, 9.17) is 9.47 Å². The van der Waals surface area contributed by atoms with Gasteiger partial charge in [-0.25, -0.2) is 0 Å². The fraction of sp³-hybridized carbons (Fsp3) is 1.00.